The van der Waals surface area contributed by atoms with Crippen LogP contribution in [0.2, 0.25) is 0 Å². The van der Waals surface area contributed by atoms with Crippen molar-refractivity contribution in [3.05, 3.63) is 0 Å². The fourth-order valence-electron chi connectivity index (χ4n) is 1.10. The Kier molecular flexibility index (Phi) is 2.88. The second-order valence-electron chi connectivity index (χ2n) is 3.46. The van der Waals surface area contributed by atoms with E-state index in [1.165, 1.54) is 0 Å². The molecule has 1 heterocycles. The Labute approximate surface area is 68.7 Å². The third-order valence-corrected chi connectivity index (χ3v) is 1.79. The number of likely N-dealkylation sites (N-methyl/N-ethyl adjacent to an activating group) is 1. The van der Waals surface area contributed by atoms with Crippen LogP contribution in [0, 0.1) is 5.92 Å². The van der Waals surface area contributed by atoms with Crippen LogP contribution >= 0.6 is 0 Å². The Morgan fingerprint density at radius 3 is 2.82 bits per heavy atom. The second-order valence-corrected chi connectivity index (χ2v) is 3.46. The Balaban J connectivity index is 2.14. The molecule has 0 aromatic carbocycles. The summed E-state index contributed by atoms with van der Waals surface area (Å²) in [4.78, 5) is 2.18. The summed E-state index contributed by atoms with van der Waals surface area (Å²) in [5.74, 6) is 0.636. The summed E-state index contributed by atoms with van der Waals surface area (Å²) in [6.07, 6.45) is 2.02. The molecule has 64 valence electrons. The summed E-state index contributed by atoms with van der Waals surface area (Å²) in [6, 6.07) is 0. The van der Waals surface area contributed by atoms with Crippen molar-refractivity contribution >= 4 is 6.21 Å². The van der Waals surface area contributed by atoms with Crippen LogP contribution in [-0.4, -0.2) is 49.9 Å². The Bertz CT molecular complexity index is 142. The minimum atomic E-state index is 0.636. The summed E-state index contributed by atoms with van der Waals surface area (Å²) in [5.41, 5.74) is 0. The highest BCUT2D eigenvalue weighted by Crippen LogP contribution is 2.05. The third kappa shape index (κ3) is 2.89. The van der Waals surface area contributed by atoms with Gasteiger partial charge in [-0.15, -0.1) is 0 Å². The molecule has 3 heteroatoms. The maximum absolute atomic E-state index is 4.27. The van der Waals surface area contributed by atoms with E-state index in [2.05, 4.69) is 36.0 Å². The van der Waals surface area contributed by atoms with Gasteiger partial charge in [0.25, 0.3) is 0 Å². The minimum absolute atomic E-state index is 0.636. The zero-order chi connectivity index (χ0) is 8.27. The molecule has 1 rings (SSSR count). The SMILES string of the molecule is C[C@@H]1C=NN(CCN(C)C)C1. The fourth-order valence-corrected chi connectivity index (χ4v) is 1.10. The van der Waals surface area contributed by atoms with Gasteiger partial charge in [0.05, 0.1) is 0 Å². The monoisotopic (exact) mass is 155 g/mol. The van der Waals surface area contributed by atoms with Crippen molar-refractivity contribution < 1.29 is 0 Å². The zero-order valence-electron chi connectivity index (χ0n) is 7.62. The van der Waals surface area contributed by atoms with Gasteiger partial charge in [-0.25, -0.2) is 0 Å². The van der Waals surface area contributed by atoms with E-state index >= 15 is 0 Å². The first-order chi connectivity index (χ1) is 5.18. The molecule has 0 amide bonds. The lowest BCUT2D eigenvalue weighted by Crippen LogP contribution is -2.27. The molecule has 11 heavy (non-hydrogen) atoms. The number of hydrogen-bond donors (Lipinski definition) is 0. The predicted octanol–water partition coefficient (Wildman–Crippen LogP) is 0.486. The van der Waals surface area contributed by atoms with E-state index < -0.39 is 0 Å². The number of hydrazone groups is 1. The first-order valence-electron chi connectivity index (χ1n) is 4.12. The number of rotatable bonds is 3. The van der Waals surface area contributed by atoms with Crippen LogP contribution < -0.4 is 0 Å². The molecule has 0 fully saturated rings. The van der Waals surface area contributed by atoms with Gasteiger partial charge in [-0.2, -0.15) is 5.10 Å². The van der Waals surface area contributed by atoms with Gasteiger partial charge in [0.15, 0.2) is 0 Å². The molecule has 0 spiro atoms. The lowest BCUT2D eigenvalue weighted by Gasteiger charge is -2.17. The molecule has 0 aromatic heterocycles. The highest BCUT2D eigenvalue weighted by atomic mass is 15.5. The minimum Gasteiger partial charge on any atom is -0.308 e. The van der Waals surface area contributed by atoms with Crippen LogP contribution in [-0.2, 0) is 0 Å². The van der Waals surface area contributed by atoms with Gasteiger partial charge in [0.1, 0.15) is 0 Å². The van der Waals surface area contributed by atoms with Gasteiger partial charge in [0, 0.05) is 31.8 Å². The third-order valence-electron chi connectivity index (χ3n) is 1.79. The zero-order valence-corrected chi connectivity index (χ0v) is 7.62. The lowest BCUT2D eigenvalue weighted by molar-refractivity contribution is 0.259. The van der Waals surface area contributed by atoms with Crippen molar-refractivity contribution in [2.24, 2.45) is 11.0 Å². The molecular formula is C8H17N3. The molecular weight excluding hydrogens is 138 g/mol. The molecule has 0 radical (unpaired) electrons. The van der Waals surface area contributed by atoms with Crippen LogP contribution in [0.5, 0.6) is 0 Å². The maximum Gasteiger partial charge on any atom is 0.0487 e. The molecule has 1 atom stereocenters. The van der Waals surface area contributed by atoms with Crippen LogP contribution in [0.1, 0.15) is 6.92 Å². The Morgan fingerprint density at radius 1 is 1.64 bits per heavy atom. The van der Waals surface area contributed by atoms with Crippen LogP contribution in [0.4, 0.5) is 0 Å². The normalized spacial score (nSPS) is 23.6. The maximum atomic E-state index is 4.27. The summed E-state index contributed by atoms with van der Waals surface area (Å²) >= 11 is 0. The van der Waals surface area contributed by atoms with Gasteiger partial charge in [-0.05, 0) is 14.1 Å². The summed E-state index contributed by atoms with van der Waals surface area (Å²) in [5, 5.41) is 6.40. The summed E-state index contributed by atoms with van der Waals surface area (Å²) in [6.45, 7) is 5.42. The molecule has 0 N–H and O–H groups in total. The average Bonchev–Trinajstić information content (AvgIpc) is 2.31. The molecule has 3 nitrogen and oxygen atoms in total. The highest BCUT2D eigenvalue weighted by Gasteiger charge is 2.11. The predicted molar refractivity (Wildman–Crippen MR) is 47.8 cm³/mol. The molecule has 0 saturated carbocycles. The average molecular weight is 155 g/mol. The molecule has 1 aliphatic rings. The summed E-state index contributed by atoms with van der Waals surface area (Å²) < 4.78 is 0. The van der Waals surface area contributed by atoms with E-state index in [4.69, 9.17) is 0 Å². The van der Waals surface area contributed by atoms with E-state index in [1.807, 2.05) is 6.21 Å². The molecule has 0 aromatic rings. The quantitative estimate of drug-likeness (QED) is 0.590. The van der Waals surface area contributed by atoms with Gasteiger partial charge in [-0.3, -0.25) is 5.01 Å². The number of hydrogen-bond acceptors (Lipinski definition) is 3. The van der Waals surface area contributed by atoms with E-state index in [0.717, 1.165) is 19.6 Å². The Morgan fingerprint density at radius 2 is 2.36 bits per heavy atom. The van der Waals surface area contributed by atoms with Crippen LogP contribution in [0.25, 0.3) is 0 Å². The topological polar surface area (TPSA) is 18.8 Å². The largest absolute Gasteiger partial charge is 0.308 e. The van der Waals surface area contributed by atoms with Gasteiger partial charge in [-0.1, -0.05) is 6.92 Å². The standard InChI is InChI=1S/C8H17N3/c1-8-6-9-11(7-8)5-4-10(2)3/h6,8H,4-5,7H2,1-3H3/t8-/m1/s1. The van der Waals surface area contributed by atoms with E-state index in [1.54, 1.807) is 0 Å². The lowest BCUT2D eigenvalue weighted by atomic mass is 10.2. The second kappa shape index (κ2) is 3.72. The molecule has 0 bridgehead atoms. The van der Waals surface area contributed by atoms with Crippen molar-refractivity contribution in [2.75, 3.05) is 33.7 Å². The Hall–Kier alpha value is -0.570. The molecule has 0 unspecified atom stereocenters. The van der Waals surface area contributed by atoms with Gasteiger partial charge < -0.3 is 4.90 Å². The van der Waals surface area contributed by atoms with Gasteiger partial charge >= 0.3 is 0 Å². The highest BCUT2D eigenvalue weighted by molar-refractivity contribution is 5.61. The van der Waals surface area contributed by atoms with Gasteiger partial charge in [0.2, 0.25) is 0 Å². The van der Waals surface area contributed by atoms with Crippen molar-refractivity contribution in [1.82, 2.24) is 9.91 Å². The molecule has 0 aliphatic carbocycles. The van der Waals surface area contributed by atoms with E-state index in [0.29, 0.717) is 5.92 Å². The molecule has 1 aliphatic heterocycles. The fraction of sp³-hybridized carbons (Fsp3) is 0.875. The first-order valence-corrected chi connectivity index (χ1v) is 4.12. The van der Waals surface area contributed by atoms with Crippen molar-refractivity contribution in [2.45, 2.75) is 6.92 Å². The van der Waals surface area contributed by atoms with Crippen LogP contribution in [0.3, 0.4) is 0 Å². The van der Waals surface area contributed by atoms with Crippen LogP contribution in [0.15, 0.2) is 5.10 Å². The van der Waals surface area contributed by atoms with E-state index in [-0.39, 0.29) is 0 Å². The smallest absolute Gasteiger partial charge is 0.0487 e. The van der Waals surface area contributed by atoms with Crippen molar-refractivity contribution in [3.8, 4) is 0 Å². The van der Waals surface area contributed by atoms with E-state index in [9.17, 15) is 0 Å². The molecule has 0 saturated heterocycles. The van der Waals surface area contributed by atoms with Crippen molar-refractivity contribution in [1.29, 1.82) is 0 Å². The number of nitrogens with zero attached hydrogens (tertiary/aromatic N) is 3. The summed E-state index contributed by atoms with van der Waals surface area (Å²) in [7, 11) is 4.17. The van der Waals surface area contributed by atoms with Crippen molar-refractivity contribution in [3.63, 3.8) is 0 Å². The first kappa shape index (κ1) is 8.53.